The Morgan fingerprint density at radius 2 is 1.78 bits per heavy atom. The second-order valence-corrected chi connectivity index (χ2v) is 5.26. The van der Waals surface area contributed by atoms with Gasteiger partial charge in [-0.2, -0.15) is 0 Å². The molecule has 88 valence electrons. The molecule has 0 saturated carbocycles. The number of ketones is 1. The first-order chi connectivity index (χ1) is 8.74. The zero-order valence-electron chi connectivity index (χ0n) is 9.69. The molecule has 1 aromatic carbocycles. The summed E-state index contributed by atoms with van der Waals surface area (Å²) in [6.07, 6.45) is 10.6. The van der Waals surface area contributed by atoms with Crippen LogP contribution in [-0.4, -0.2) is 5.78 Å². The lowest BCUT2D eigenvalue weighted by molar-refractivity contribution is -0.109. The molecule has 0 radical (unpaired) electrons. The van der Waals surface area contributed by atoms with Crippen molar-refractivity contribution in [2.45, 2.75) is 6.42 Å². The van der Waals surface area contributed by atoms with Crippen LogP contribution in [-0.2, 0) is 4.79 Å². The van der Waals surface area contributed by atoms with Gasteiger partial charge in [-0.1, -0.05) is 58.4 Å². The highest BCUT2D eigenvalue weighted by Crippen LogP contribution is 2.27. The largest absolute Gasteiger partial charge is 0.289 e. The molecule has 3 rings (SSSR count). The summed E-state index contributed by atoms with van der Waals surface area (Å²) < 4.78 is 0.977. The van der Waals surface area contributed by atoms with Crippen molar-refractivity contribution < 1.29 is 4.79 Å². The minimum atomic E-state index is 0.0758. The Balaban J connectivity index is 2.28. The Morgan fingerprint density at radius 3 is 2.61 bits per heavy atom. The third kappa shape index (κ3) is 2.04. The van der Waals surface area contributed by atoms with Crippen molar-refractivity contribution in [1.29, 1.82) is 0 Å². The highest BCUT2D eigenvalue weighted by atomic mass is 79.9. The second kappa shape index (κ2) is 4.54. The molecule has 0 atom stereocenters. The Morgan fingerprint density at radius 1 is 1.00 bits per heavy atom. The van der Waals surface area contributed by atoms with Crippen LogP contribution < -0.4 is 10.4 Å². The van der Waals surface area contributed by atoms with Crippen LogP contribution in [0.5, 0.6) is 0 Å². The fraction of sp³-hybridized carbons (Fsp3) is 0.0625. The van der Waals surface area contributed by atoms with Gasteiger partial charge in [-0.25, -0.2) is 0 Å². The fourth-order valence-electron chi connectivity index (χ4n) is 2.20. The number of fused-ring (bicyclic) bond motifs is 2. The monoisotopic (exact) mass is 298 g/mol. The molecular weight excluding hydrogens is 288 g/mol. The summed E-state index contributed by atoms with van der Waals surface area (Å²) in [4.78, 5) is 12.3. The molecule has 2 aliphatic rings. The lowest BCUT2D eigenvalue weighted by Crippen LogP contribution is -2.26. The maximum absolute atomic E-state index is 12.3. The minimum Gasteiger partial charge on any atom is -0.289 e. The first-order valence-corrected chi connectivity index (χ1v) is 6.63. The molecule has 0 bridgehead atoms. The lowest BCUT2D eigenvalue weighted by Gasteiger charge is -2.13. The summed E-state index contributed by atoms with van der Waals surface area (Å²) in [5.41, 5.74) is 1.86. The van der Waals surface area contributed by atoms with Gasteiger partial charge in [-0.05, 0) is 34.6 Å². The summed E-state index contributed by atoms with van der Waals surface area (Å²) in [6.45, 7) is 0. The molecule has 0 heterocycles. The van der Waals surface area contributed by atoms with Crippen LogP contribution in [0.4, 0.5) is 0 Å². The molecule has 2 heteroatoms. The molecule has 0 saturated heterocycles. The zero-order valence-corrected chi connectivity index (χ0v) is 11.3. The molecule has 0 amide bonds. The third-order valence-electron chi connectivity index (χ3n) is 3.16. The Labute approximate surface area is 114 Å². The van der Waals surface area contributed by atoms with Crippen molar-refractivity contribution in [3.05, 3.63) is 68.6 Å². The second-order valence-electron chi connectivity index (χ2n) is 4.35. The number of allylic oxidation sites excluding steroid dienone is 6. The summed E-state index contributed by atoms with van der Waals surface area (Å²) in [7, 11) is 0. The van der Waals surface area contributed by atoms with E-state index < -0.39 is 0 Å². The van der Waals surface area contributed by atoms with Crippen LogP contribution in [0, 0.1) is 0 Å². The number of hydrogen-bond acceptors (Lipinski definition) is 1. The molecule has 0 fully saturated rings. The summed E-state index contributed by atoms with van der Waals surface area (Å²) in [5.74, 6) is 0.0758. The van der Waals surface area contributed by atoms with Gasteiger partial charge in [0, 0.05) is 10.1 Å². The van der Waals surface area contributed by atoms with E-state index in [9.17, 15) is 4.79 Å². The fourth-order valence-corrected chi connectivity index (χ4v) is 2.59. The molecule has 0 unspecified atom stereocenters. The molecule has 1 aromatic rings. The molecule has 0 aliphatic heterocycles. The quantitative estimate of drug-likeness (QED) is 0.719. The topological polar surface area (TPSA) is 17.1 Å². The van der Waals surface area contributed by atoms with Gasteiger partial charge in [0.1, 0.15) is 0 Å². The summed E-state index contributed by atoms with van der Waals surface area (Å²) in [6, 6.07) is 7.94. The predicted molar refractivity (Wildman–Crippen MR) is 77.4 cm³/mol. The maximum Gasteiger partial charge on any atom is 0.186 e. The van der Waals surface area contributed by atoms with Crippen molar-refractivity contribution in [2.75, 3.05) is 0 Å². The molecule has 0 N–H and O–H groups in total. The van der Waals surface area contributed by atoms with Gasteiger partial charge >= 0.3 is 0 Å². The smallest absolute Gasteiger partial charge is 0.186 e. The summed E-state index contributed by atoms with van der Waals surface area (Å²) in [5, 5.41) is 2.07. The standard InChI is InChI=1S/C16H11BrO/c17-14-8-7-12-6-5-11-3-1-2-4-13(11)9-16(18)15(12)10-14/h1-6,8-10H,7H2/b11-5-,12-6-,13-9-. The Bertz CT molecular complexity index is 733. The van der Waals surface area contributed by atoms with E-state index in [4.69, 9.17) is 0 Å². The SMILES string of the molecule is O=C1/C=c2/cccc/c2=C/C=C2/CC=C(Br)C=C12. The number of rotatable bonds is 0. The Kier molecular flexibility index (Phi) is 2.88. The van der Waals surface area contributed by atoms with Gasteiger partial charge < -0.3 is 0 Å². The van der Waals surface area contributed by atoms with E-state index in [0.29, 0.717) is 0 Å². The molecule has 18 heavy (non-hydrogen) atoms. The number of carbonyl (C=O) groups excluding carboxylic acids is 1. The van der Waals surface area contributed by atoms with Gasteiger partial charge in [0.25, 0.3) is 0 Å². The normalized spacial score (nSPS) is 24.5. The number of hydrogen-bond donors (Lipinski definition) is 0. The number of carbonyl (C=O) groups is 1. The Hall–Kier alpha value is -1.67. The number of Topliss-reactive ketones (excluding diaryl/α,β-unsaturated/α-hetero) is 1. The highest BCUT2D eigenvalue weighted by molar-refractivity contribution is 9.11. The van der Waals surface area contributed by atoms with Gasteiger partial charge in [-0.15, -0.1) is 0 Å². The number of benzene rings is 1. The van der Waals surface area contributed by atoms with Gasteiger partial charge in [0.05, 0.1) is 0 Å². The van der Waals surface area contributed by atoms with E-state index in [-0.39, 0.29) is 5.78 Å². The van der Waals surface area contributed by atoms with Crippen molar-refractivity contribution >= 4 is 33.9 Å². The van der Waals surface area contributed by atoms with Crippen LogP contribution in [0.3, 0.4) is 0 Å². The number of halogens is 1. The van der Waals surface area contributed by atoms with Crippen LogP contribution in [0.25, 0.3) is 12.2 Å². The first-order valence-electron chi connectivity index (χ1n) is 5.84. The van der Waals surface area contributed by atoms with E-state index in [2.05, 4.69) is 28.1 Å². The van der Waals surface area contributed by atoms with E-state index in [1.54, 1.807) is 6.08 Å². The highest BCUT2D eigenvalue weighted by Gasteiger charge is 2.16. The summed E-state index contributed by atoms with van der Waals surface area (Å²) >= 11 is 3.44. The van der Waals surface area contributed by atoms with Gasteiger partial charge in [0.2, 0.25) is 0 Å². The van der Waals surface area contributed by atoms with Crippen molar-refractivity contribution in [3.63, 3.8) is 0 Å². The van der Waals surface area contributed by atoms with E-state index in [0.717, 1.165) is 32.5 Å². The average molecular weight is 299 g/mol. The first kappa shape index (κ1) is 11.4. The van der Waals surface area contributed by atoms with Crippen LogP contribution in [0.1, 0.15) is 6.42 Å². The molecule has 1 nitrogen and oxygen atoms in total. The zero-order chi connectivity index (χ0) is 12.5. The maximum atomic E-state index is 12.3. The minimum absolute atomic E-state index is 0.0758. The van der Waals surface area contributed by atoms with E-state index >= 15 is 0 Å². The molecule has 2 aliphatic carbocycles. The van der Waals surface area contributed by atoms with Crippen LogP contribution in [0.15, 0.2) is 58.1 Å². The van der Waals surface area contributed by atoms with Crippen LogP contribution in [0.2, 0.25) is 0 Å². The molecule has 0 spiro atoms. The predicted octanol–water partition coefficient (Wildman–Crippen LogP) is 2.37. The van der Waals surface area contributed by atoms with Gasteiger partial charge in [-0.3, -0.25) is 4.79 Å². The average Bonchev–Trinajstić information content (AvgIpc) is 2.37. The third-order valence-corrected chi connectivity index (χ3v) is 3.71. The van der Waals surface area contributed by atoms with E-state index in [1.165, 1.54) is 0 Å². The van der Waals surface area contributed by atoms with Crippen molar-refractivity contribution in [3.8, 4) is 0 Å². The van der Waals surface area contributed by atoms with Crippen molar-refractivity contribution in [1.82, 2.24) is 0 Å². The van der Waals surface area contributed by atoms with E-state index in [1.807, 2.05) is 36.4 Å². The van der Waals surface area contributed by atoms with Gasteiger partial charge in [0.15, 0.2) is 5.78 Å². The van der Waals surface area contributed by atoms with Crippen LogP contribution >= 0.6 is 15.9 Å². The molecule has 0 aromatic heterocycles. The molecular formula is C16H11BrO. The van der Waals surface area contributed by atoms with Crippen molar-refractivity contribution in [2.24, 2.45) is 0 Å². The lowest BCUT2D eigenvalue weighted by atomic mass is 9.92.